The number of amides is 1. The van der Waals surface area contributed by atoms with Crippen molar-refractivity contribution in [2.45, 2.75) is 38.3 Å². The molecule has 4 rings (SSSR count). The average molecular weight is 385 g/mol. The fraction of sp³-hybridized carbons (Fsp3) is 0.350. The first-order chi connectivity index (χ1) is 13.2. The molecule has 1 aliphatic rings. The van der Waals surface area contributed by atoms with Crippen LogP contribution in [0, 0.1) is 0 Å². The lowest BCUT2D eigenvalue weighted by Crippen LogP contribution is -2.40. The third-order valence-electron chi connectivity index (χ3n) is 4.80. The number of likely N-dealkylation sites (tertiary alicyclic amines) is 1. The molecule has 1 fully saturated rings. The number of halogens is 1. The second kappa shape index (κ2) is 7.96. The van der Waals surface area contributed by atoms with Crippen molar-refractivity contribution in [2.75, 3.05) is 6.54 Å². The lowest BCUT2D eigenvalue weighted by Gasteiger charge is -2.33. The molecular formula is C20H21ClN4O2. The van der Waals surface area contributed by atoms with Gasteiger partial charge in [0.1, 0.15) is 18.3 Å². The molecule has 1 saturated heterocycles. The molecule has 0 saturated carbocycles. The number of rotatable bonds is 5. The molecule has 3 heterocycles. The van der Waals surface area contributed by atoms with Gasteiger partial charge in [0.2, 0.25) is 11.8 Å². The predicted octanol–water partition coefficient (Wildman–Crippen LogP) is 3.87. The number of piperidine rings is 1. The molecule has 140 valence electrons. The molecule has 0 aliphatic carbocycles. The molecule has 1 aliphatic heterocycles. The van der Waals surface area contributed by atoms with E-state index in [0.717, 1.165) is 37.1 Å². The summed E-state index contributed by atoms with van der Waals surface area (Å²) in [6, 6.07) is 9.40. The van der Waals surface area contributed by atoms with Crippen molar-refractivity contribution in [2.24, 2.45) is 0 Å². The fourth-order valence-corrected chi connectivity index (χ4v) is 3.73. The molecule has 2 aromatic heterocycles. The van der Waals surface area contributed by atoms with E-state index >= 15 is 0 Å². The SMILES string of the molecule is O=C(Cn1cccn1)N1CCCC[C@@H]1c1ncc(Cc2cccc(Cl)c2)o1. The molecule has 0 radical (unpaired) electrons. The monoisotopic (exact) mass is 384 g/mol. The van der Waals surface area contributed by atoms with Gasteiger partial charge >= 0.3 is 0 Å². The Kier molecular flexibility index (Phi) is 5.25. The van der Waals surface area contributed by atoms with E-state index in [-0.39, 0.29) is 18.5 Å². The number of aromatic nitrogens is 3. The lowest BCUT2D eigenvalue weighted by molar-refractivity contribution is -0.136. The molecular weight excluding hydrogens is 364 g/mol. The van der Waals surface area contributed by atoms with Gasteiger partial charge in [-0.15, -0.1) is 0 Å². The van der Waals surface area contributed by atoms with Crippen LogP contribution in [0.5, 0.6) is 0 Å². The summed E-state index contributed by atoms with van der Waals surface area (Å²) in [5.74, 6) is 1.43. The quantitative estimate of drug-likeness (QED) is 0.669. The number of hydrogen-bond acceptors (Lipinski definition) is 4. The molecule has 1 atom stereocenters. The molecule has 6 nitrogen and oxygen atoms in total. The van der Waals surface area contributed by atoms with Crippen molar-refractivity contribution < 1.29 is 9.21 Å². The van der Waals surface area contributed by atoms with Crippen LogP contribution >= 0.6 is 11.6 Å². The second-order valence-electron chi connectivity index (χ2n) is 6.77. The number of carbonyl (C=O) groups excluding carboxylic acids is 1. The molecule has 1 aromatic carbocycles. The third kappa shape index (κ3) is 4.22. The number of carbonyl (C=O) groups is 1. The van der Waals surface area contributed by atoms with Crippen LogP contribution in [0.15, 0.2) is 53.3 Å². The van der Waals surface area contributed by atoms with Gasteiger partial charge in [0.15, 0.2) is 0 Å². The maximum atomic E-state index is 12.8. The minimum absolute atomic E-state index is 0.0398. The molecule has 7 heteroatoms. The highest BCUT2D eigenvalue weighted by atomic mass is 35.5. The van der Waals surface area contributed by atoms with Gasteiger partial charge < -0.3 is 9.32 Å². The largest absolute Gasteiger partial charge is 0.443 e. The van der Waals surface area contributed by atoms with Crippen LogP contribution in [0.2, 0.25) is 5.02 Å². The van der Waals surface area contributed by atoms with Gasteiger partial charge in [-0.3, -0.25) is 9.48 Å². The summed E-state index contributed by atoms with van der Waals surface area (Å²) in [4.78, 5) is 19.1. The van der Waals surface area contributed by atoms with E-state index < -0.39 is 0 Å². The highest BCUT2D eigenvalue weighted by Gasteiger charge is 2.31. The van der Waals surface area contributed by atoms with Crippen LogP contribution in [-0.2, 0) is 17.8 Å². The van der Waals surface area contributed by atoms with Crippen molar-refractivity contribution in [3.05, 3.63) is 71.2 Å². The molecule has 27 heavy (non-hydrogen) atoms. The minimum Gasteiger partial charge on any atom is -0.443 e. The highest BCUT2D eigenvalue weighted by Crippen LogP contribution is 2.31. The minimum atomic E-state index is -0.116. The Bertz CT molecular complexity index is 906. The Morgan fingerprint density at radius 2 is 2.22 bits per heavy atom. The summed E-state index contributed by atoms with van der Waals surface area (Å²) in [5, 5.41) is 4.83. The molecule has 0 bridgehead atoms. The zero-order chi connectivity index (χ0) is 18.6. The van der Waals surface area contributed by atoms with E-state index in [2.05, 4.69) is 10.1 Å². The standard InChI is InChI=1S/C20H21ClN4O2/c21-16-6-3-5-15(11-16)12-17-13-22-20(27-17)18-7-1-2-10-25(18)19(26)14-24-9-4-8-23-24/h3-6,8-9,11,13,18H,1-2,7,10,12,14H2/t18-/m1/s1. The maximum absolute atomic E-state index is 12.8. The number of nitrogens with zero attached hydrogens (tertiary/aromatic N) is 4. The van der Waals surface area contributed by atoms with Gasteiger partial charge in [-0.05, 0) is 43.0 Å². The van der Waals surface area contributed by atoms with E-state index in [0.29, 0.717) is 17.3 Å². The summed E-state index contributed by atoms with van der Waals surface area (Å²) in [7, 11) is 0. The summed E-state index contributed by atoms with van der Waals surface area (Å²) in [5.41, 5.74) is 1.07. The van der Waals surface area contributed by atoms with Crippen LogP contribution in [0.4, 0.5) is 0 Å². The zero-order valence-electron chi connectivity index (χ0n) is 14.9. The van der Waals surface area contributed by atoms with Gasteiger partial charge in [-0.25, -0.2) is 4.98 Å². The van der Waals surface area contributed by atoms with Crippen molar-refractivity contribution >= 4 is 17.5 Å². The predicted molar refractivity (Wildman–Crippen MR) is 101 cm³/mol. The average Bonchev–Trinajstić information content (AvgIpc) is 3.34. The lowest BCUT2D eigenvalue weighted by atomic mass is 10.0. The fourth-order valence-electron chi connectivity index (χ4n) is 3.52. The van der Waals surface area contributed by atoms with Gasteiger partial charge in [-0.1, -0.05) is 23.7 Å². The van der Waals surface area contributed by atoms with E-state index in [1.807, 2.05) is 35.2 Å². The van der Waals surface area contributed by atoms with Gasteiger partial charge in [0, 0.05) is 30.4 Å². The van der Waals surface area contributed by atoms with E-state index in [9.17, 15) is 4.79 Å². The smallest absolute Gasteiger partial charge is 0.244 e. The van der Waals surface area contributed by atoms with Crippen LogP contribution in [-0.4, -0.2) is 32.1 Å². The zero-order valence-corrected chi connectivity index (χ0v) is 15.7. The van der Waals surface area contributed by atoms with Crippen molar-refractivity contribution in [1.82, 2.24) is 19.7 Å². The Labute approximate surface area is 162 Å². The Morgan fingerprint density at radius 1 is 1.30 bits per heavy atom. The first kappa shape index (κ1) is 17.8. The Morgan fingerprint density at radius 3 is 3.04 bits per heavy atom. The molecule has 1 amide bonds. The molecule has 3 aromatic rings. The van der Waals surface area contributed by atoms with Gasteiger partial charge in [-0.2, -0.15) is 5.10 Å². The van der Waals surface area contributed by atoms with E-state index in [1.54, 1.807) is 23.3 Å². The van der Waals surface area contributed by atoms with Gasteiger partial charge in [0.25, 0.3) is 0 Å². The van der Waals surface area contributed by atoms with Crippen LogP contribution in [0.25, 0.3) is 0 Å². The maximum Gasteiger partial charge on any atom is 0.244 e. The van der Waals surface area contributed by atoms with Crippen molar-refractivity contribution in [3.8, 4) is 0 Å². The first-order valence-electron chi connectivity index (χ1n) is 9.15. The summed E-state index contributed by atoms with van der Waals surface area (Å²) >= 11 is 6.05. The third-order valence-corrected chi connectivity index (χ3v) is 5.04. The van der Waals surface area contributed by atoms with Crippen molar-refractivity contribution in [1.29, 1.82) is 0 Å². The van der Waals surface area contributed by atoms with E-state index in [1.165, 1.54) is 0 Å². The summed E-state index contributed by atoms with van der Waals surface area (Å²) in [6.07, 6.45) is 8.77. The number of hydrogen-bond donors (Lipinski definition) is 0. The first-order valence-corrected chi connectivity index (χ1v) is 9.53. The van der Waals surface area contributed by atoms with Crippen LogP contribution in [0.1, 0.15) is 42.5 Å². The Hall–Kier alpha value is -2.60. The summed E-state index contributed by atoms with van der Waals surface area (Å²) < 4.78 is 7.66. The number of benzene rings is 1. The molecule has 0 spiro atoms. The summed E-state index contributed by atoms with van der Waals surface area (Å²) in [6.45, 7) is 0.955. The molecule has 0 unspecified atom stereocenters. The number of oxazole rings is 1. The normalized spacial score (nSPS) is 17.2. The van der Waals surface area contributed by atoms with Crippen LogP contribution in [0.3, 0.4) is 0 Å². The second-order valence-corrected chi connectivity index (χ2v) is 7.21. The molecule has 0 N–H and O–H groups in total. The topological polar surface area (TPSA) is 64.2 Å². The van der Waals surface area contributed by atoms with Crippen LogP contribution < -0.4 is 0 Å². The highest BCUT2D eigenvalue weighted by molar-refractivity contribution is 6.30. The van der Waals surface area contributed by atoms with Gasteiger partial charge in [0.05, 0.1) is 6.20 Å². The van der Waals surface area contributed by atoms with Crippen molar-refractivity contribution in [3.63, 3.8) is 0 Å². The van der Waals surface area contributed by atoms with E-state index in [4.69, 9.17) is 16.0 Å². The Balaban J connectivity index is 1.48.